The Hall–Kier alpha value is -2.64. The van der Waals surface area contributed by atoms with Gasteiger partial charge >= 0.3 is 5.97 Å². The average molecular weight is 291 g/mol. The number of aromatic carboxylic acids is 1. The van der Waals surface area contributed by atoms with Crippen molar-refractivity contribution >= 4 is 28.6 Å². The fourth-order valence-electron chi connectivity index (χ4n) is 2.22. The van der Waals surface area contributed by atoms with Gasteiger partial charge in [-0.3, -0.25) is 9.48 Å². The molecule has 112 valence electrons. The molecule has 1 amide bonds. The fraction of sp³-hybridized carbons (Fsp3) is 0.385. The van der Waals surface area contributed by atoms with E-state index in [9.17, 15) is 14.7 Å². The number of pyridine rings is 1. The predicted octanol–water partition coefficient (Wildman–Crippen LogP) is 0.521. The molecule has 2 aromatic rings. The summed E-state index contributed by atoms with van der Waals surface area (Å²) in [6.07, 6.45) is 1.27. The molecule has 2 aromatic heterocycles. The second-order valence-corrected chi connectivity index (χ2v) is 4.74. The van der Waals surface area contributed by atoms with Crippen LogP contribution in [0.1, 0.15) is 23.0 Å². The van der Waals surface area contributed by atoms with Crippen molar-refractivity contribution in [3.05, 3.63) is 17.5 Å². The number of likely N-dealkylation sites (N-methyl/N-ethyl adjacent to an activating group) is 1. The molecule has 0 aliphatic heterocycles. The number of carboxylic acid groups (broad SMARTS) is 1. The molecular formula is C13H17N5O3. The van der Waals surface area contributed by atoms with Crippen LogP contribution in [-0.4, -0.2) is 44.8 Å². The quantitative estimate of drug-likeness (QED) is 0.757. The zero-order valence-corrected chi connectivity index (χ0v) is 12.3. The monoisotopic (exact) mass is 291 g/mol. The maximum Gasteiger partial charge on any atom is 0.339 e. The van der Waals surface area contributed by atoms with Crippen molar-refractivity contribution in [2.75, 3.05) is 12.4 Å². The lowest BCUT2D eigenvalue weighted by Crippen LogP contribution is -2.35. The van der Waals surface area contributed by atoms with E-state index in [1.54, 1.807) is 25.6 Å². The normalized spacial score (nSPS) is 12.2. The average Bonchev–Trinajstić information content (AvgIpc) is 2.73. The van der Waals surface area contributed by atoms with Crippen molar-refractivity contribution in [2.24, 2.45) is 7.05 Å². The molecule has 0 spiro atoms. The van der Waals surface area contributed by atoms with Crippen LogP contribution in [0.15, 0.2) is 6.20 Å². The van der Waals surface area contributed by atoms with E-state index < -0.39 is 12.0 Å². The third-order valence-corrected chi connectivity index (χ3v) is 3.26. The van der Waals surface area contributed by atoms with Crippen LogP contribution in [0.4, 0.5) is 5.69 Å². The summed E-state index contributed by atoms with van der Waals surface area (Å²) in [5.41, 5.74) is 1.57. The summed E-state index contributed by atoms with van der Waals surface area (Å²) in [6.45, 7) is 3.42. The van der Waals surface area contributed by atoms with E-state index in [0.717, 1.165) is 0 Å². The molecule has 0 fully saturated rings. The van der Waals surface area contributed by atoms with Gasteiger partial charge in [-0.05, 0) is 13.8 Å². The van der Waals surface area contributed by atoms with E-state index in [0.29, 0.717) is 22.4 Å². The Morgan fingerprint density at radius 3 is 2.67 bits per heavy atom. The highest BCUT2D eigenvalue weighted by Gasteiger charge is 2.22. The number of carbonyl (C=O) groups excluding carboxylic acids is 1. The van der Waals surface area contributed by atoms with Gasteiger partial charge in [0.25, 0.3) is 0 Å². The van der Waals surface area contributed by atoms with Gasteiger partial charge in [0.2, 0.25) is 5.91 Å². The first-order valence-electron chi connectivity index (χ1n) is 6.40. The van der Waals surface area contributed by atoms with Gasteiger partial charge in [0.1, 0.15) is 11.6 Å². The van der Waals surface area contributed by atoms with Crippen molar-refractivity contribution in [1.29, 1.82) is 0 Å². The smallest absolute Gasteiger partial charge is 0.339 e. The molecule has 2 rings (SSSR count). The van der Waals surface area contributed by atoms with Crippen LogP contribution in [0.25, 0.3) is 11.0 Å². The van der Waals surface area contributed by atoms with Gasteiger partial charge in [-0.1, -0.05) is 0 Å². The molecule has 0 bridgehead atoms. The molecule has 0 aromatic carbocycles. The molecular weight excluding hydrogens is 274 g/mol. The summed E-state index contributed by atoms with van der Waals surface area (Å²) in [5, 5.41) is 19.6. The summed E-state index contributed by atoms with van der Waals surface area (Å²) >= 11 is 0. The van der Waals surface area contributed by atoms with Crippen LogP contribution < -0.4 is 10.6 Å². The molecule has 0 saturated carbocycles. The highest BCUT2D eigenvalue weighted by atomic mass is 16.4. The Kier molecular flexibility index (Phi) is 3.79. The lowest BCUT2D eigenvalue weighted by Gasteiger charge is -2.16. The Balaban J connectivity index is 2.64. The SMILES string of the molecule is CNC(=O)C(C)Nc1c(C(=O)O)cnc2c1c(C)nn2C. The zero-order chi connectivity index (χ0) is 15.7. The maximum absolute atomic E-state index is 11.7. The number of amides is 1. The highest BCUT2D eigenvalue weighted by Crippen LogP contribution is 2.29. The van der Waals surface area contributed by atoms with Crippen LogP contribution in [0, 0.1) is 6.92 Å². The summed E-state index contributed by atoms with van der Waals surface area (Å²) < 4.78 is 1.58. The maximum atomic E-state index is 11.7. The minimum atomic E-state index is -1.11. The van der Waals surface area contributed by atoms with Crippen molar-refractivity contribution in [2.45, 2.75) is 19.9 Å². The minimum Gasteiger partial charge on any atom is -0.478 e. The number of anilines is 1. The van der Waals surface area contributed by atoms with Crippen LogP contribution >= 0.6 is 0 Å². The molecule has 0 aliphatic carbocycles. The third kappa shape index (κ3) is 2.51. The topological polar surface area (TPSA) is 109 Å². The second kappa shape index (κ2) is 5.39. The number of nitrogens with one attached hydrogen (secondary N) is 2. The number of fused-ring (bicyclic) bond motifs is 1. The summed E-state index contributed by atoms with van der Waals surface area (Å²) in [4.78, 5) is 27.2. The number of carboxylic acids is 1. The van der Waals surface area contributed by atoms with Crippen molar-refractivity contribution in [3.8, 4) is 0 Å². The zero-order valence-electron chi connectivity index (χ0n) is 12.3. The van der Waals surface area contributed by atoms with E-state index >= 15 is 0 Å². The molecule has 8 heteroatoms. The Labute approximate surface area is 121 Å². The number of nitrogens with zero attached hydrogens (tertiary/aromatic N) is 3. The summed E-state index contributed by atoms with van der Waals surface area (Å²) in [5.74, 6) is -1.35. The standard InChI is InChI=1S/C13H17N5O3/c1-6-9-10(16-7(2)12(19)14-3)8(13(20)21)5-15-11(9)18(4)17-6/h5,7H,1-4H3,(H,14,19)(H,15,16)(H,20,21). The van der Waals surface area contributed by atoms with Crippen molar-refractivity contribution < 1.29 is 14.7 Å². The molecule has 2 heterocycles. The molecule has 1 unspecified atom stereocenters. The Morgan fingerprint density at radius 1 is 1.43 bits per heavy atom. The van der Waals surface area contributed by atoms with E-state index in [1.165, 1.54) is 13.2 Å². The van der Waals surface area contributed by atoms with Gasteiger partial charge in [-0.2, -0.15) is 5.10 Å². The Morgan fingerprint density at radius 2 is 2.10 bits per heavy atom. The van der Waals surface area contributed by atoms with E-state index in [-0.39, 0.29) is 11.5 Å². The summed E-state index contributed by atoms with van der Waals surface area (Å²) in [6, 6.07) is -0.585. The fourth-order valence-corrected chi connectivity index (χ4v) is 2.22. The van der Waals surface area contributed by atoms with E-state index in [2.05, 4.69) is 20.7 Å². The first kappa shape index (κ1) is 14.8. The second-order valence-electron chi connectivity index (χ2n) is 4.74. The molecule has 3 N–H and O–H groups in total. The lowest BCUT2D eigenvalue weighted by molar-refractivity contribution is -0.121. The molecule has 0 aliphatic rings. The van der Waals surface area contributed by atoms with Gasteiger partial charge in [-0.25, -0.2) is 9.78 Å². The first-order chi connectivity index (χ1) is 9.86. The number of aromatic nitrogens is 3. The molecule has 8 nitrogen and oxygen atoms in total. The summed E-state index contributed by atoms with van der Waals surface area (Å²) in [7, 11) is 3.25. The largest absolute Gasteiger partial charge is 0.478 e. The van der Waals surface area contributed by atoms with Crippen molar-refractivity contribution in [1.82, 2.24) is 20.1 Å². The van der Waals surface area contributed by atoms with Gasteiger partial charge in [-0.15, -0.1) is 0 Å². The number of hydrogen-bond acceptors (Lipinski definition) is 5. The predicted molar refractivity (Wildman–Crippen MR) is 77.4 cm³/mol. The van der Waals surface area contributed by atoms with Gasteiger partial charge < -0.3 is 15.7 Å². The number of hydrogen-bond donors (Lipinski definition) is 3. The lowest BCUT2D eigenvalue weighted by atomic mass is 10.1. The van der Waals surface area contributed by atoms with Gasteiger partial charge in [0.15, 0.2) is 5.65 Å². The third-order valence-electron chi connectivity index (χ3n) is 3.26. The van der Waals surface area contributed by atoms with Crippen LogP contribution in [0.3, 0.4) is 0 Å². The van der Waals surface area contributed by atoms with E-state index in [1.807, 2.05) is 0 Å². The first-order valence-corrected chi connectivity index (χ1v) is 6.40. The van der Waals surface area contributed by atoms with Crippen LogP contribution in [0.2, 0.25) is 0 Å². The molecule has 21 heavy (non-hydrogen) atoms. The minimum absolute atomic E-state index is 0.00866. The van der Waals surface area contributed by atoms with Crippen LogP contribution in [-0.2, 0) is 11.8 Å². The van der Waals surface area contributed by atoms with Gasteiger partial charge in [0, 0.05) is 20.3 Å². The van der Waals surface area contributed by atoms with Crippen LogP contribution in [0.5, 0.6) is 0 Å². The Bertz CT molecular complexity index is 722. The van der Waals surface area contributed by atoms with E-state index in [4.69, 9.17) is 0 Å². The van der Waals surface area contributed by atoms with Crippen molar-refractivity contribution in [3.63, 3.8) is 0 Å². The van der Waals surface area contributed by atoms with Gasteiger partial charge in [0.05, 0.1) is 16.8 Å². The highest BCUT2D eigenvalue weighted by molar-refractivity contribution is 6.05. The number of carbonyl (C=O) groups is 2. The number of rotatable bonds is 4. The molecule has 0 radical (unpaired) electrons. The molecule has 1 atom stereocenters. The molecule has 0 saturated heterocycles. The number of aryl methyl sites for hydroxylation is 2.